The second-order valence-electron chi connectivity index (χ2n) is 4.43. The molecule has 0 radical (unpaired) electrons. The summed E-state index contributed by atoms with van der Waals surface area (Å²) < 4.78 is 15.1. The number of rotatable bonds is 2. The molecule has 2 heterocycles. The number of nitrogens with zero attached hydrogens (tertiary/aromatic N) is 3. The van der Waals surface area contributed by atoms with E-state index in [0.29, 0.717) is 6.54 Å². The second-order valence-corrected chi connectivity index (χ2v) is 4.43. The van der Waals surface area contributed by atoms with E-state index in [1.54, 1.807) is 0 Å². The van der Waals surface area contributed by atoms with Gasteiger partial charge in [-0.2, -0.15) is 0 Å². The van der Waals surface area contributed by atoms with Gasteiger partial charge in [0.1, 0.15) is 5.82 Å². The third-order valence-electron chi connectivity index (χ3n) is 3.37. The van der Waals surface area contributed by atoms with Crippen LogP contribution in [0.1, 0.15) is 11.4 Å². The quantitative estimate of drug-likeness (QED) is 0.873. The second kappa shape index (κ2) is 4.42. The van der Waals surface area contributed by atoms with E-state index in [1.165, 1.54) is 12.1 Å². The fraction of sp³-hybridized carbons (Fsp3) is 0.308. The van der Waals surface area contributed by atoms with Crippen LogP contribution in [0, 0.1) is 5.82 Å². The first-order valence-corrected chi connectivity index (χ1v) is 6.01. The van der Waals surface area contributed by atoms with Gasteiger partial charge in [0.25, 0.3) is 0 Å². The Labute approximate surface area is 105 Å². The van der Waals surface area contributed by atoms with Crippen LogP contribution in [0.3, 0.4) is 0 Å². The Bertz CT molecular complexity index is 533. The summed E-state index contributed by atoms with van der Waals surface area (Å²) in [6, 6.07) is 6.60. The zero-order valence-electron chi connectivity index (χ0n) is 10.0. The zero-order valence-corrected chi connectivity index (χ0v) is 10.0. The highest BCUT2D eigenvalue weighted by atomic mass is 19.1. The predicted octanol–water partition coefficient (Wildman–Crippen LogP) is 1.50. The molecule has 0 unspecified atom stereocenters. The maximum absolute atomic E-state index is 12.9. The molecule has 3 rings (SSSR count). The minimum atomic E-state index is -0.205. The number of hydrogen-bond donors (Lipinski definition) is 1. The highest BCUT2D eigenvalue weighted by Crippen LogP contribution is 2.22. The third-order valence-corrected chi connectivity index (χ3v) is 3.37. The van der Waals surface area contributed by atoms with E-state index in [4.69, 9.17) is 5.73 Å². The van der Waals surface area contributed by atoms with Crippen LogP contribution in [0.5, 0.6) is 0 Å². The van der Waals surface area contributed by atoms with Crippen molar-refractivity contribution in [3.05, 3.63) is 47.8 Å². The van der Waals surface area contributed by atoms with Crippen molar-refractivity contribution in [2.24, 2.45) is 5.73 Å². The third kappa shape index (κ3) is 1.86. The summed E-state index contributed by atoms with van der Waals surface area (Å²) >= 11 is 0. The molecule has 18 heavy (non-hydrogen) atoms. The molecule has 4 nitrogen and oxygen atoms in total. The first-order chi connectivity index (χ1) is 8.78. The number of anilines is 1. The van der Waals surface area contributed by atoms with Crippen molar-refractivity contribution < 1.29 is 4.39 Å². The largest absolute Gasteiger partial charge is 0.364 e. The smallest absolute Gasteiger partial charge is 0.123 e. The van der Waals surface area contributed by atoms with Crippen LogP contribution in [-0.4, -0.2) is 16.1 Å². The van der Waals surface area contributed by atoms with Crippen LogP contribution in [0.4, 0.5) is 10.1 Å². The van der Waals surface area contributed by atoms with Gasteiger partial charge in [0.2, 0.25) is 0 Å². The molecule has 0 fully saturated rings. The van der Waals surface area contributed by atoms with Crippen molar-refractivity contribution >= 4 is 5.69 Å². The lowest BCUT2D eigenvalue weighted by atomic mass is 10.2. The van der Waals surface area contributed by atoms with Gasteiger partial charge in [0, 0.05) is 25.3 Å². The molecule has 94 valence electrons. The van der Waals surface area contributed by atoms with Gasteiger partial charge in [-0.1, -0.05) is 0 Å². The Morgan fingerprint density at radius 2 is 2.00 bits per heavy atom. The highest BCUT2D eigenvalue weighted by molar-refractivity contribution is 5.47. The Balaban J connectivity index is 1.87. The van der Waals surface area contributed by atoms with E-state index < -0.39 is 0 Å². The summed E-state index contributed by atoms with van der Waals surface area (Å²) in [6.45, 7) is 3.02. The molecule has 0 atom stereocenters. The predicted molar refractivity (Wildman–Crippen MR) is 67.6 cm³/mol. The van der Waals surface area contributed by atoms with Gasteiger partial charge in [0.15, 0.2) is 0 Å². The van der Waals surface area contributed by atoms with E-state index in [1.807, 2.05) is 18.5 Å². The number of hydrogen-bond acceptors (Lipinski definition) is 3. The van der Waals surface area contributed by atoms with Gasteiger partial charge in [-0.3, -0.25) is 0 Å². The average molecular weight is 246 g/mol. The van der Waals surface area contributed by atoms with Gasteiger partial charge in [-0.05, 0) is 24.3 Å². The van der Waals surface area contributed by atoms with E-state index in [2.05, 4.69) is 14.5 Å². The van der Waals surface area contributed by atoms with Crippen molar-refractivity contribution in [1.82, 2.24) is 9.55 Å². The highest BCUT2D eigenvalue weighted by Gasteiger charge is 2.19. The van der Waals surface area contributed by atoms with Gasteiger partial charge >= 0.3 is 0 Å². The number of imidazole rings is 1. The van der Waals surface area contributed by atoms with Crippen LogP contribution in [0.15, 0.2) is 30.6 Å². The molecule has 0 saturated heterocycles. The normalized spacial score (nSPS) is 14.7. The molecule has 0 amide bonds. The molecule has 0 bridgehead atoms. The average Bonchev–Trinajstić information content (AvgIpc) is 2.81. The number of nitrogens with two attached hydrogens (primary N) is 1. The van der Waals surface area contributed by atoms with E-state index in [-0.39, 0.29) is 5.82 Å². The molecule has 1 aromatic heterocycles. The molecule has 0 saturated carbocycles. The lowest BCUT2D eigenvalue weighted by Crippen LogP contribution is -2.33. The Hall–Kier alpha value is -1.88. The minimum Gasteiger partial charge on any atom is -0.364 e. The van der Waals surface area contributed by atoms with Crippen LogP contribution in [0.2, 0.25) is 0 Å². The van der Waals surface area contributed by atoms with Gasteiger partial charge in [-0.15, -0.1) is 0 Å². The van der Waals surface area contributed by atoms with Crippen LogP contribution < -0.4 is 10.6 Å². The Morgan fingerprint density at radius 1 is 1.22 bits per heavy atom. The zero-order chi connectivity index (χ0) is 12.5. The maximum atomic E-state index is 12.9. The molecule has 1 aliphatic rings. The molecule has 5 heteroatoms. The van der Waals surface area contributed by atoms with Crippen molar-refractivity contribution in [2.45, 2.75) is 19.6 Å². The van der Waals surface area contributed by atoms with Crippen molar-refractivity contribution in [2.75, 3.05) is 11.4 Å². The van der Waals surface area contributed by atoms with E-state index in [9.17, 15) is 4.39 Å². The number of fused-ring (bicyclic) bond motifs is 1. The standard InChI is InChI=1S/C13H15FN4/c14-10-1-3-11(4-2-10)17-5-6-18-9-16-12(7-15)13(18)8-17/h1-4,9H,5-8,15H2. The molecule has 0 aliphatic carbocycles. The first-order valence-electron chi connectivity index (χ1n) is 6.01. The minimum absolute atomic E-state index is 0.205. The number of aromatic nitrogens is 2. The molecular weight excluding hydrogens is 231 g/mol. The summed E-state index contributed by atoms with van der Waals surface area (Å²) in [6.07, 6.45) is 1.85. The first kappa shape index (κ1) is 11.2. The fourth-order valence-electron chi connectivity index (χ4n) is 2.36. The lowest BCUT2D eigenvalue weighted by Gasteiger charge is -2.30. The molecule has 2 aromatic rings. The van der Waals surface area contributed by atoms with Crippen LogP contribution >= 0.6 is 0 Å². The number of benzene rings is 1. The molecule has 0 spiro atoms. The van der Waals surface area contributed by atoms with Gasteiger partial charge in [-0.25, -0.2) is 9.37 Å². The Morgan fingerprint density at radius 3 is 2.72 bits per heavy atom. The monoisotopic (exact) mass is 246 g/mol. The van der Waals surface area contributed by atoms with Crippen LogP contribution in [-0.2, 0) is 19.6 Å². The van der Waals surface area contributed by atoms with E-state index >= 15 is 0 Å². The molecule has 2 N–H and O–H groups in total. The topological polar surface area (TPSA) is 47.1 Å². The van der Waals surface area contributed by atoms with Crippen molar-refractivity contribution in [1.29, 1.82) is 0 Å². The maximum Gasteiger partial charge on any atom is 0.123 e. The molecule has 1 aromatic carbocycles. The lowest BCUT2D eigenvalue weighted by molar-refractivity contribution is 0.567. The van der Waals surface area contributed by atoms with Crippen LogP contribution in [0.25, 0.3) is 0 Å². The van der Waals surface area contributed by atoms with Gasteiger partial charge < -0.3 is 15.2 Å². The number of halogens is 1. The summed E-state index contributed by atoms with van der Waals surface area (Å²) in [5, 5.41) is 0. The summed E-state index contributed by atoms with van der Waals surface area (Å²) in [5.74, 6) is -0.205. The summed E-state index contributed by atoms with van der Waals surface area (Å²) in [5.41, 5.74) is 8.82. The van der Waals surface area contributed by atoms with Crippen molar-refractivity contribution in [3.8, 4) is 0 Å². The SMILES string of the molecule is NCc1ncn2c1CN(c1ccc(F)cc1)CC2. The van der Waals surface area contributed by atoms with E-state index in [0.717, 1.165) is 36.7 Å². The summed E-state index contributed by atoms with van der Waals surface area (Å²) in [7, 11) is 0. The molecular formula is C13H15FN4. The fourth-order valence-corrected chi connectivity index (χ4v) is 2.36. The van der Waals surface area contributed by atoms with Gasteiger partial charge in [0.05, 0.1) is 24.3 Å². The van der Waals surface area contributed by atoms with Crippen molar-refractivity contribution in [3.63, 3.8) is 0 Å². The summed E-state index contributed by atoms with van der Waals surface area (Å²) in [4.78, 5) is 6.53. The Kier molecular flexibility index (Phi) is 2.76. The molecule has 1 aliphatic heterocycles.